The molecule has 8 heteroatoms. The van der Waals surface area contributed by atoms with Gasteiger partial charge in [0.25, 0.3) is 5.91 Å². The molecule has 1 rings (SSSR count). The van der Waals surface area contributed by atoms with Gasteiger partial charge in [-0.25, -0.2) is 17.6 Å². The van der Waals surface area contributed by atoms with Crippen LogP contribution in [0.15, 0.2) is 6.07 Å². The summed E-state index contributed by atoms with van der Waals surface area (Å²) in [6, 6.07) is 0.242. The number of aliphatic hydroxyl groups excluding tert-OH is 1. The Morgan fingerprint density at radius 1 is 1.32 bits per heavy atom. The highest BCUT2D eigenvalue weighted by Gasteiger charge is 2.23. The third-order valence-electron chi connectivity index (χ3n) is 2.20. The normalized spacial score (nSPS) is 12.3. The van der Waals surface area contributed by atoms with Crippen molar-refractivity contribution >= 4 is 5.91 Å². The molecular formula is C11H11F4NO3. The molecule has 0 radical (unpaired) electrons. The number of benzene rings is 1. The maximum atomic E-state index is 13.2. The van der Waals surface area contributed by atoms with Crippen molar-refractivity contribution in [1.82, 2.24) is 5.32 Å². The lowest BCUT2D eigenvalue weighted by Crippen LogP contribution is -2.35. The summed E-state index contributed by atoms with van der Waals surface area (Å²) in [5, 5.41) is 11.3. The minimum atomic E-state index is -2.07. The van der Waals surface area contributed by atoms with Crippen molar-refractivity contribution in [3.8, 4) is 0 Å². The second-order valence-corrected chi connectivity index (χ2v) is 3.67. The fourth-order valence-corrected chi connectivity index (χ4v) is 1.30. The van der Waals surface area contributed by atoms with Crippen LogP contribution in [0.2, 0.25) is 0 Å². The lowest BCUT2D eigenvalue weighted by Gasteiger charge is -2.11. The monoisotopic (exact) mass is 281 g/mol. The highest BCUT2D eigenvalue weighted by atomic mass is 19.2. The average molecular weight is 281 g/mol. The van der Waals surface area contributed by atoms with E-state index < -0.39 is 40.8 Å². The zero-order valence-corrected chi connectivity index (χ0v) is 9.84. The van der Waals surface area contributed by atoms with Crippen molar-refractivity contribution in [2.75, 3.05) is 20.3 Å². The van der Waals surface area contributed by atoms with Crippen molar-refractivity contribution in [3.63, 3.8) is 0 Å². The van der Waals surface area contributed by atoms with Crippen molar-refractivity contribution in [3.05, 3.63) is 34.9 Å². The van der Waals surface area contributed by atoms with Crippen LogP contribution >= 0.6 is 0 Å². The Morgan fingerprint density at radius 2 is 1.95 bits per heavy atom. The standard InChI is InChI=1S/C11H11F4NO3/c1-19-4-5(17)3-16-11(18)6-2-7(12)9(14)10(15)8(6)13/h2,5,17H,3-4H2,1H3,(H,16,18). The smallest absolute Gasteiger partial charge is 0.254 e. The van der Waals surface area contributed by atoms with E-state index in [9.17, 15) is 27.5 Å². The summed E-state index contributed by atoms with van der Waals surface area (Å²) in [6.07, 6.45) is -1.06. The van der Waals surface area contributed by atoms with Crippen molar-refractivity contribution in [2.24, 2.45) is 0 Å². The van der Waals surface area contributed by atoms with Gasteiger partial charge in [-0.05, 0) is 6.07 Å². The predicted octanol–water partition coefficient (Wildman–Crippen LogP) is 0.980. The van der Waals surface area contributed by atoms with E-state index in [4.69, 9.17) is 0 Å². The van der Waals surface area contributed by atoms with Crippen molar-refractivity contribution in [2.45, 2.75) is 6.10 Å². The molecule has 0 heterocycles. The first-order valence-electron chi connectivity index (χ1n) is 5.16. The van der Waals surface area contributed by atoms with E-state index in [-0.39, 0.29) is 19.2 Å². The van der Waals surface area contributed by atoms with E-state index >= 15 is 0 Å². The van der Waals surface area contributed by atoms with Crippen molar-refractivity contribution < 1.29 is 32.2 Å². The number of carbonyl (C=O) groups excluding carboxylic acids is 1. The molecule has 2 N–H and O–H groups in total. The summed E-state index contributed by atoms with van der Waals surface area (Å²) in [7, 11) is 1.31. The van der Waals surface area contributed by atoms with E-state index in [1.165, 1.54) is 7.11 Å². The molecule has 0 saturated carbocycles. The Bertz CT molecular complexity index is 481. The summed E-state index contributed by atoms with van der Waals surface area (Å²) in [5.41, 5.74) is -0.985. The number of rotatable bonds is 5. The Balaban J connectivity index is 2.83. The lowest BCUT2D eigenvalue weighted by molar-refractivity contribution is 0.0608. The molecule has 1 aromatic rings. The third-order valence-corrected chi connectivity index (χ3v) is 2.20. The summed E-state index contributed by atoms with van der Waals surface area (Å²) in [5.74, 6) is -8.71. The molecule has 1 amide bonds. The molecule has 1 aromatic carbocycles. The molecule has 106 valence electrons. The molecule has 0 spiro atoms. The van der Waals surface area contributed by atoms with Gasteiger partial charge in [0.05, 0.1) is 18.3 Å². The molecule has 0 aliphatic carbocycles. The SMILES string of the molecule is COCC(O)CNC(=O)c1cc(F)c(F)c(F)c1F. The van der Waals surface area contributed by atoms with Gasteiger partial charge in [0.2, 0.25) is 0 Å². The first-order valence-corrected chi connectivity index (χ1v) is 5.16. The Morgan fingerprint density at radius 3 is 2.53 bits per heavy atom. The van der Waals surface area contributed by atoms with Gasteiger partial charge in [-0.3, -0.25) is 4.79 Å². The van der Waals surface area contributed by atoms with Crippen LogP contribution in [0.25, 0.3) is 0 Å². The number of nitrogens with one attached hydrogen (secondary N) is 1. The maximum absolute atomic E-state index is 13.2. The van der Waals surface area contributed by atoms with E-state index in [2.05, 4.69) is 4.74 Å². The minimum Gasteiger partial charge on any atom is -0.389 e. The number of ether oxygens (including phenoxy) is 1. The van der Waals surface area contributed by atoms with Gasteiger partial charge < -0.3 is 15.2 Å². The fraction of sp³-hybridized carbons (Fsp3) is 0.364. The molecule has 1 atom stereocenters. The topological polar surface area (TPSA) is 58.6 Å². The van der Waals surface area contributed by atoms with Gasteiger partial charge >= 0.3 is 0 Å². The van der Waals surface area contributed by atoms with E-state index in [1.54, 1.807) is 0 Å². The predicted molar refractivity (Wildman–Crippen MR) is 56.5 cm³/mol. The van der Waals surface area contributed by atoms with E-state index in [0.717, 1.165) is 0 Å². The van der Waals surface area contributed by atoms with Crippen LogP contribution in [0.5, 0.6) is 0 Å². The van der Waals surface area contributed by atoms with Gasteiger partial charge in [-0.2, -0.15) is 0 Å². The van der Waals surface area contributed by atoms with Gasteiger partial charge in [-0.15, -0.1) is 0 Å². The zero-order valence-electron chi connectivity index (χ0n) is 9.84. The molecule has 0 aliphatic heterocycles. The third kappa shape index (κ3) is 3.65. The molecule has 0 bridgehead atoms. The maximum Gasteiger partial charge on any atom is 0.254 e. The van der Waals surface area contributed by atoms with Gasteiger partial charge in [0, 0.05) is 13.7 Å². The van der Waals surface area contributed by atoms with Crippen LogP contribution in [0.4, 0.5) is 17.6 Å². The zero-order chi connectivity index (χ0) is 14.6. The number of methoxy groups -OCH3 is 1. The highest BCUT2D eigenvalue weighted by molar-refractivity contribution is 5.94. The van der Waals surface area contributed by atoms with Gasteiger partial charge in [-0.1, -0.05) is 0 Å². The molecular weight excluding hydrogens is 270 g/mol. The quantitative estimate of drug-likeness (QED) is 0.480. The average Bonchev–Trinajstić information content (AvgIpc) is 2.38. The highest BCUT2D eigenvalue weighted by Crippen LogP contribution is 2.18. The Kier molecular flexibility index (Phi) is 5.25. The summed E-state index contributed by atoms with van der Waals surface area (Å²) >= 11 is 0. The summed E-state index contributed by atoms with van der Waals surface area (Å²) in [4.78, 5) is 11.4. The largest absolute Gasteiger partial charge is 0.389 e. The molecule has 0 aromatic heterocycles. The summed E-state index contributed by atoms with van der Waals surface area (Å²) in [6.45, 7) is -0.401. The summed E-state index contributed by atoms with van der Waals surface area (Å²) < 4.78 is 56.2. The van der Waals surface area contributed by atoms with Crippen LogP contribution in [-0.4, -0.2) is 37.4 Å². The number of aliphatic hydroxyl groups is 1. The first-order chi connectivity index (χ1) is 8.88. The number of hydrogen-bond acceptors (Lipinski definition) is 3. The van der Waals surface area contributed by atoms with Crippen LogP contribution in [0, 0.1) is 23.3 Å². The number of amides is 1. The Labute approximate surface area is 106 Å². The lowest BCUT2D eigenvalue weighted by atomic mass is 10.1. The fourth-order valence-electron chi connectivity index (χ4n) is 1.30. The second-order valence-electron chi connectivity index (χ2n) is 3.67. The van der Waals surface area contributed by atoms with Crippen LogP contribution in [0.3, 0.4) is 0 Å². The molecule has 1 unspecified atom stereocenters. The van der Waals surface area contributed by atoms with Gasteiger partial charge in [0.15, 0.2) is 23.3 Å². The van der Waals surface area contributed by atoms with Crippen molar-refractivity contribution in [1.29, 1.82) is 0 Å². The molecule has 19 heavy (non-hydrogen) atoms. The minimum absolute atomic E-state index is 0.0884. The second kappa shape index (κ2) is 6.48. The molecule has 0 saturated heterocycles. The number of halogens is 4. The van der Waals surface area contributed by atoms with Crippen LogP contribution in [0.1, 0.15) is 10.4 Å². The van der Waals surface area contributed by atoms with Crippen LogP contribution in [-0.2, 0) is 4.74 Å². The molecule has 4 nitrogen and oxygen atoms in total. The van der Waals surface area contributed by atoms with Gasteiger partial charge in [0.1, 0.15) is 0 Å². The van der Waals surface area contributed by atoms with Crippen LogP contribution < -0.4 is 5.32 Å². The first kappa shape index (κ1) is 15.4. The van der Waals surface area contributed by atoms with E-state index in [0.29, 0.717) is 0 Å². The molecule has 0 fully saturated rings. The number of carbonyl (C=O) groups is 1. The number of hydrogen-bond donors (Lipinski definition) is 2. The molecule has 0 aliphatic rings. The van der Waals surface area contributed by atoms with E-state index in [1.807, 2.05) is 5.32 Å². The Hall–Kier alpha value is -1.67.